The van der Waals surface area contributed by atoms with Gasteiger partial charge in [0.25, 0.3) is 0 Å². The molecular weight excluding hydrogens is 535 g/mol. The number of halogens is 3. The van der Waals surface area contributed by atoms with Gasteiger partial charge < -0.3 is 20.3 Å². The molecule has 8 nitrogen and oxygen atoms in total. The van der Waals surface area contributed by atoms with Crippen LogP contribution in [0.3, 0.4) is 0 Å². The van der Waals surface area contributed by atoms with Crippen molar-refractivity contribution in [2.75, 3.05) is 31.6 Å². The Hall–Kier alpha value is -4.14. The SMILES string of the molecule is C#Cc1c(F)ccc2cc(O)cc(-c3ncc4c(NC[C@H](C)O)nc(OC[C@@]56CCCN5C[C@H](F)C6)nc4c3F)c12. The van der Waals surface area contributed by atoms with E-state index in [2.05, 4.69) is 31.1 Å². The van der Waals surface area contributed by atoms with Gasteiger partial charge in [-0.05, 0) is 49.9 Å². The van der Waals surface area contributed by atoms with Gasteiger partial charge in [0.2, 0.25) is 0 Å². The van der Waals surface area contributed by atoms with Gasteiger partial charge in [0.1, 0.15) is 41.4 Å². The molecule has 0 bridgehead atoms. The number of benzene rings is 2. The zero-order valence-electron chi connectivity index (χ0n) is 22.3. The summed E-state index contributed by atoms with van der Waals surface area (Å²) in [4.78, 5) is 15.2. The quantitative estimate of drug-likeness (QED) is 0.281. The minimum Gasteiger partial charge on any atom is -0.508 e. The smallest absolute Gasteiger partial charge is 0.319 e. The van der Waals surface area contributed by atoms with Crippen LogP contribution in [-0.2, 0) is 0 Å². The van der Waals surface area contributed by atoms with Crippen molar-refractivity contribution in [1.82, 2.24) is 19.9 Å². The van der Waals surface area contributed by atoms with Crippen molar-refractivity contribution in [2.24, 2.45) is 0 Å². The number of alkyl halides is 1. The molecule has 3 atom stereocenters. The Kier molecular flexibility index (Phi) is 6.83. The van der Waals surface area contributed by atoms with E-state index in [1.54, 1.807) is 6.92 Å². The minimum atomic E-state index is -0.944. The topological polar surface area (TPSA) is 104 Å². The van der Waals surface area contributed by atoms with Crippen LogP contribution in [0.4, 0.5) is 19.0 Å². The predicted octanol–water partition coefficient (Wildman–Crippen LogP) is 4.56. The van der Waals surface area contributed by atoms with Gasteiger partial charge in [0.15, 0.2) is 5.82 Å². The van der Waals surface area contributed by atoms with Crippen LogP contribution in [0.5, 0.6) is 11.8 Å². The average Bonchev–Trinajstić information content (AvgIpc) is 3.46. The molecule has 0 amide bonds. The number of fused-ring (bicyclic) bond motifs is 3. The summed E-state index contributed by atoms with van der Waals surface area (Å²) in [6, 6.07) is 5.17. The first kappa shape index (κ1) is 27.1. The molecule has 0 unspecified atom stereocenters. The van der Waals surface area contributed by atoms with Gasteiger partial charge in [0.05, 0.1) is 22.6 Å². The molecule has 2 aromatic heterocycles. The maximum absolute atomic E-state index is 16.3. The van der Waals surface area contributed by atoms with Crippen LogP contribution in [0.15, 0.2) is 30.5 Å². The number of phenolic OH excluding ortho intramolecular Hbond substituents is 1. The standard InChI is InChI=1S/C30H28F3N5O3/c1-3-20-23(32)6-5-17-9-19(40)10-21(24(17)20)26-25(33)27-22(13-34-26)28(35-12-16(2)39)37-29(36-27)41-15-30-7-4-8-38(30)14-18(31)11-30/h1,5-6,9-10,13,16,18,39-40H,4,7-8,11-12,14-15H2,2H3,(H,35,36,37)/t16-,18+,30-/m0/s1. The predicted molar refractivity (Wildman–Crippen MR) is 149 cm³/mol. The molecule has 4 heterocycles. The lowest BCUT2D eigenvalue weighted by molar-refractivity contribution is 0.107. The van der Waals surface area contributed by atoms with E-state index in [0.29, 0.717) is 18.4 Å². The molecular formula is C30H28F3N5O3. The van der Waals surface area contributed by atoms with E-state index in [0.717, 1.165) is 19.4 Å². The second-order valence-electron chi connectivity index (χ2n) is 10.8. The molecule has 2 aliphatic heterocycles. The molecule has 0 radical (unpaired) electrons. The number of pyridine rings is 1. The molecule has 2 saturated heterocycles. The first-order chi connectivity index (χ1) is 19.7. The highest BCUT2D eigenvalue weighted by atomic mass is 19.1. The molecule has 0 spiro atoms. The molecule has 6 rings (SSSR count). The highest BCUT2D eigenvalue weighted by molar-refractivity contribution is 6.02. The van der Waals surface area contributed by atoms with Crippen LogP contribution in [0, 0.1) is 24.0 Å². The largest absolute Gasteiger partial charge is 0.508 e. The van der Waals surface area contributed by atoms with E-state index in [1.807, 2.05) is 0 Å². The average molecular weight is 564 g/mol. The van der Waals surface area contributed by atoms with Crippen LogP contribution >= 0.6 is 0 Å². The van der Waals surface area contributed by atoms with Crippen molar-refractivity contribution >= 4 is 27.5 Å². The fourth-order valence-corrected chi connectivity index (χ4v) is 6.07. The molecule has 4 aromatic rings. The van der Waals surface area contributed by atoms with Gasteiger partial charge in [-0.25, -0.2) is 13.2 Å². The Morgan fingerprint density at radius 2 is 2.12 bits per heavy atom. The second-order valence-corrected chi connectivity index (χ2v) is 10.8. The van der Waals surface area contributed by atoms with E-state index in [9.17, 15) is 19.0 Å². The zero-order chi connectivity index (χ0) is 28.9. The molecule has 2 fully saturated rings. The van der Waals surface area contributed by atoms with Crippen molar-refractivity contribution in [1.29, 1.82) is 0 Å². The summed E-state index contributed by atoms with van der Waals surface area (Å²) in [5.74, 6) is 0.795. The highest BCUT2D eigenvalue weighted by Crippen LogP contribution is 2.41. The van der Waals surface area contributed by atoms with Crippen LogP contribution in [0.25, 0.3) is 32.9 Å². The third-order valence-corrected chi connectivity index (χ3v) is 7.91. The van der Waals surface area contributed by atoms with Gasteiger partial charge in [-0.2, -0.15) is 9.97 Å². The van der Waals surface area contributed by atoms with E-state index in [4.69, 9.17) is 11.2 Å². The Labute approximate surface area is 234 Å². The summed E-state index contributed by atoms with van der Waals surface area (Å²) >= 11 is 0. The first-order valence-corrected chi connectivity index (χ1v) is 13.4. The molecule has 11 heteroatoms. The van der Waals surface area contributed by atoms with Gasteiger partial charge in [0, 0.05) is 36.7 Å². The molecule has 3 N–H and O–H groups in total. The summed E-state index contributed by atoms with van der Waals surface area (Å²) in [7, 11) is 0. The number of rotatable bonds is 7. The molecule has 2 aliphatic rings. The van der Waals surface area contributed by atoms with Gasteiger partial charge in [-0.15, -0.1) is 6.42 Å². The normalized spacial score (nSPS) is 21.2. The number of nitrogens with one attached hydrogen (secondary N) is 1. The van der Waals surface area contributed by atoms with Crippen LogP contribution in [0.2, 0.25) is 0 Å². The molecule has 41 heavy (non-hydrogen) atoms. The number of phenols is 1. The maximum atomic E-state index is 16.3. The Morgan fingerprint density at radius 1 is 1.29 bits per heavy atom. The lowest BCUT2D eigenvalue weighted by atomic mass is 9.95. The molecule has 0 aliphatic carbocycles. The lowest BCUT2D eigenvalue weighted by Crippen LogP contribution is -2.43. The zero-order valence-corrected chi connectivity index (χ0v) is 22.3. The first-order valence-electron chi connectivity index (χ1n) is 13.4. The Bertz CT molecular complexity index is 1710. The fourth-order valence-electron chi connectivity index (χ4n) is 6.07. The van der Waals surface area contributed by atoms with E-state index < -0.39 is 29.4 Å². The number of aromatic hydroxyl groups is 1. The number of aliphatic hydroxyl groups excluding tert-OH is 1. The third-order valence-electron chi connectivity index (χ3n) is 7.91. The number of ether oxygens (including phenoxy) is 1. The number of terminal acetylenes is 1. The monoisotopic (exact) mass is 563 g/mol. The number of aliphatic hydroxyl groups is 1. The third kappa shape index (κ3) is 4.77. The van der Waals surface area contributed by atoms with Crippen molar-refractivity contribution in [3.8, 4) is 35.4 Å². The van der Waals surface area contributed by atoms with Crippen molar-refractivity contribution in [3.63, 3.8) is 0 Å². The number of hydrogen-bond donors (Lipinski definition) is 3. The lowest BCUT2D eigenvalue weighted by Gasteiger charge is -2.30. The maximum Gasteiger partial charge on any atom is 0.319 e. The van der Waals surface area contributed by atoms with Crippen LogP contribution < -0.4 is 10.1 Å². The summed E-state index contributed by atoms with van der Waals surface area (Å²) in [5.41, 5.74) is -0.815. The van der Waals surface area contributed by atoms with Gasteiger partial charge in [-0.3, -0.25) is 9.88 Å². The molecule has 0 saturated carbocycles. The number of aromatic nitrogens is 3. The van der Waals surface area contributed by atoms with Crippen molar-refractivity contribution < 1.29 is 28.1 Å². The fraction of sp³-hybridized carbons (Fsp3) is 0.367. The Balaban J connectivity index is 1.48. The number of anilines is 1. The molecule has 2 aromatic carbocycles. The summed E-state index contributed by atoms with van der Waals surface area (Å²) in [6.45, 7) is 2.96. The van der Waals surface area contributed by atoms with E-state index in [1.165, 1.54) is 30.5 Å². The van der Waals surface area contributed by atoms with Crippen molar-refractivity contribution in [3.05, 3.63) is 47.7 Å². The summed E-state index contributed by atoms with van der Waals surface area (Å²) in [6.07, 6.45) is 7.32. The van der Waals surface area contributed by atoms with Crippen molar-refractivity contribution in [2.45, 2.75) is 44.0 Å². The van der Waals surface area contributed by atoms with Crippen LogP contribution in [0.1, 0.15) is 31.7 Å². The molecule has 212 valence electrons. The van der Waals surface area contributed by atoms with E-state index >= 15 is 4.39 Å². The summed E-state index contributed by atoms with van der Waals surface area (Å²) < 4.78 is 51.3. The van der Waals surface area contributed by atoms with Gasteiger partial charge in [-0.1, -0.05) is 12.0 Å². The van der Waals surface area contributed by atoms with Crippen LogP contribution in [-0.4, -0.2) is 74.1 Å². The highest BCUT2D eigenvalue weighted by Gasteiger charge is 2.49. The Morgan fingerprint density at radius 3 is 2.90 bits per heavy atom. The number of hydrogen-bond acceptors (Lipinski definition) is 8. The minimum absolute atomic E-state index is 0.0897. The summed E-state index contributed by atoms with van der Waals surface area (Å²) in [5, 5.41) is 24.0. The second kappa shape index (κ2) is 10.4. The number of nitrogens with zero attached hydrogens (tertiary/aromatic N) is 4. The van der Waals surface area contributed by atoms with E-state index in [-0.39, 0.29) is 63.8 Å². The van der Waals surface area contributed by atoms with Gasteiger partial charge >= 0.3 is 6.01 Å².